The highest BCUT2D eigenvalue weighted by molar-refractivity contribution is 7.93. The number of rotatable bonds is 8. The molecule has 0 aliphatic rings. The third kappa shape index (κ3) is 4.77. The average molecular weight is 529 g/mol. The fourth-order valence-corrected chi connectivity index (χ4v) is 5.53. The number of hydrogen-bond donors (Lipinski definition) is 2. The van der Waals surface area contributed by atoms with Crippen molar-refractivity contribution in [3.8, 4) is 17.1 Å². The second kappa shape index (κ2) is 9.36. The second-order valence-corrected chi connectivity index (χ2v) is 11.0. The molecule has 1 aromatic carbocycles. The first kappa shape index (κ1) is 23.4. The van der Waals surface area contributed by atoms with Crippen molar-refractivity contribution < 1.29 is 8.42 Å². The summed E-state index contributed by atoms with van der Waals surface area (Å²) < 4.78 is 29.6. The molecule has 4 aromatic heterocycles. The van der Waals surface area contributed by atoms with Gasteiger partial charge in [-0.1, -0.05) is 31.9 Å². The number of pyridine rings is 1. The molecule has 10 nitrogen and oxygen atoms in total. The van der Waals surface area contributed by atoms with Gasteiger partial charge < -0.3 is 0 Å². The molecule has 180 valence electrons. The van der Waals surface area contributed by atoms with Crippen LogP contribution in [0.5, 0.6) is 0 Å². The maximum Gasteiger partial charge on any atom is 0.263 e. The van der Waals surface area contributed by atoms with E-state index in [4.69, 9.17) is 21.7 Å². The molecule has 5 rings (SSSR count). The number of nitrogens with one attached hydrogen (secondary N) is 2. The van der Waals surface area contributed by atoms with Gasteiger partial charge in [-0.15, -0.1) is 11.3 Å². The molecule has 0 aliphatic heterocycles. The van der Waals surface area contributed by atoms with Gasteiger partial charge in [0.1, 0.15) is 5.15 Å². The normalized spacial score (nSPS) is 12.8. The van der Waals surface area contributed by atoms with E-state index in [-0.39, 0.29) is 4.90 Å². The van der Waals surface area contributed by atoms with Crippen LogP contribution in [0, 0.1) is 5.92 Å². The summed E-state index contributed by atoms with van der Waals surface area (Å²) >= 11 is 7.49. The zero-order valence-electron chi connectivity index (χ0n) is 18.8. The minimum absolute atomic E-state index is 0.113. The summed E-state index contributed by atoms with van der Waals surface area (Å²) in [5.74, 6) is 1.65. The predicted molar refractivity (Wildman–Crippen MR) is 135 cm³/mol. The summed E-state index contributed by atoms with van der Waals surface area (Å²) in [4.78, 5) is 13.2. The number of aromatic amines is 1. The highest BCUT2D eigenvalue weighted by Crippen LogP contribution is 2.30. The number of H-pyrrole nitrogens is 1. The van der Waals surface area contributed by atoms with Gasteiger partial charge in [0.25, 0.3) is 10.0 Å². The fourth-order valence-electron chi connectivity index (χ4n) is 3.55. The molecule has 4 heterocycles. The Balaban J connectivity index is 1.58. The van der Waals surface area contributed by atoms with Gasteiger partial charge in [-0.3, -0.25) is 9.82 Å². The standard InChI is InChI=1S/C22H21ClN8O2S2/c1-3-13(2)10-19-27-21(16-11-18(23)26-20-17(16)12-25-28-20)31(29-19)14-4-6-15(7-5-14)35(32,33)30-22-24-8-9-34-22/h4-9,11-13H,3,10H2,1-2H3,(H,24,30)(H,25,26,28). The Morgan fingerprint density at radius 2 is 2.03 bits per heavy atom. The fraction of sp³-hybridized carbons (Fsp3) is 0.227. The number of halogens is 1. The molecule has 35 heavy (non-hydrogen) atoms. The van der Waals surface area contributed by atoms with Crippen molar-refractivity contribution in [1.82, 2.24) is 34.9 Å². The number of aromatic nitrogens is 7. The molecule has 0 aliphatic carbocycles. The molecule has 0 radical (unpaired) electrons. The van der Waals surface area contributed by atoms with Crippen molar-refractivity contribution in [3.63, 3.8) is 0 Å². The molecule has 5 aromatic rings. The highest BCUT2D eigenvalue weighted by atomic mass is 35.5. The van der Waals surface area contributed by atoms with Crippen molar-refractivity contribution in [2.45, 2.75) is 31.6 Å². The Labute approximate surface area is 210 Å². The number of benzene rings is 1. The van der Waals surface area contributed by atoms with E-state index in [0.717, 1.165) is 17.4 Å². The molecular formula is C22H21ClN8O2S2. The number of sulfonamides is 1. The summed E-state index contributed by atoms with van der Waals surface area (Å²) in [7, 11) is -3.77. The maximum atomic E-state index is 12.7. The van der Waals surface area contributed by atoms with Crippen LogP contribution in [0.1, 0.15) is 26.1 Å². The van der Waals surface area contributed by atoms with Crippen molar-refractivity contribution in [3.05, 3.63) is 59.1 Å². The van der Waals surface area contributed by atoms with Gasteiger partial charge in [0, 0.05) is 28.9 Å². The van der Waals surface area contributed by atoms with Crippen molar-refractivity contribution in [2.24, 2.45) is 5.92 Å². The van der Waals surface area contributed by atoms with Crippen LogP contribution in [0.4, 0.5) is 5.13 Å². The molecule has 2 N–H and O–H groups in total. The Hall–Kier alpha value is -3.35. The van der Waals surface area contributed by atoms with Crippen molar-refractivity contribution >= 4 is 49.1 Å². The number of hydrogen-bond acceptors (Lipinski definition) is 8. The lowest BCUT2D eigenvalue weighted by Gasteiger charge is -2.09. The monoisotopic (exact) mass is 528 g/mol. The topological polar surface area (TPSA) is 131 Å². The summed E-state index contributed by atoms with van der Waals surface area (Å²) in [5, 5.41) is 14.7. The van der Waals surface area contributed by atoms with Gasteiger partial charge in [-0.05, 0) is 36.2 Å². The molecule has 0 amide bonds. The van der Waals surface area contributed by atoms with Gasteiger partial charge in [-0.2, -0.15) is 10.2 Å². The first-order chi connectivity index (χ1) is 16.8. The van der Waals surface area contributed by atoms with Gasteiger partial charge in [-0.25, -0.2) is 28.1 Å². The van der Waals surface area contributed by atoms with E-state index in [1.165, 1.54) is 29.7 Å². The third-order valence-electron chi connectivity index (χ3n) is 5.56. The highest BCUT2D eigenvalue weighted by Gasteiger charge is 2.21. The molecular weight excluding hydrogens is 508 g/mol. The van der Waals surface area contributed by atoms with Gasteiger partial charge in [0.15, 0.2) is 22.4 Å². The largest absolute Gasteiger partial charge is 0.263 e. The van der Waals surface area contributed by atoms with Crippen LogP contribution in [0.25, 0.3) is 28.1 Å². The molecule has 0 bridgehead atoms. The SMILES string of the molecule is CCC(C)Cc1nc(-c2cc(Cl)nc3[nH]ncc23)n(-c2ccc(S(=O)(=O)Nc3nccs3)cc2)n1. The van der Waals surface area contributed by atoms with Crippen LogP contribution in [-0.2, 0) is 16.4 Å². The van der Waals surface area contributed by atoms with Gasteiger partial charge >= 0.3 is 0 Å². The molecule has 0 saturated heterocycles. The van der Waals surface area contributed by atoms with Crippen LogP contribution < -0.4 is 4.72 Å². The first-order valence-corrected chi connectivity index (χ1v) is 13.6. The van der Waals surface area contributed by atoms with Crippen LogP contribution >= 0.6 is 22.9 Å². The van der Waals surface area contributed by atoms with E-state index in [2.05, 4.69) is 38.7 Å². The van der Waals surface area contributed by atoms with Crippen LogP contribution in [0.2, 0.25) is 5.15 Å². The van der Waals surface area contributed by atoms with Crippen molar-refractivity contribution in [1.29, 1.82) is 0 Å². The van der Waals surface area contributed by atoms with Crippen molar-refractivity contribution in [2.75, 3.05) is 4.72 Å². The molecule has 1 atom stereocenters. The molecule has 0 spiro atoms. The molecule has 0 fully saturated rings. The smallest absolute Gasteiger partial charge is 0.261 e. The zero-order chi connectivity index (χ0) is 24.6. The Morgan fingerprint density at radius 3 is 2.74 bits per heavy atom. The lowest BCUT2D eigenvalue weighted by atomic mass is 10.1. The van der Waals surface area contributed by atoms with E-state index in [9.17, 15) is 8.42 Å². The van der Waals surface area contributed by atoms with Crippen LogP contribution in [0.3, 0.4) is 0 Å². The average Bonchev–Trinajstić information content (AvgIpc) is 3.59. The zero-order valence-corrected chi connectivity index (χ0v) is 21.2. The lowest BCUT2D eigenvalue weighted by molar-refractivity contribution is 0.542. The van der Waals surface area contributed by atoms with E-state index < -0.39 is 10.0 Å². The van der Waals surface area contributed by atoms with E-state index in [1.807, 2.05) is 0 Å². The van der Waals surface area contributed by atoms with Crippen LogP contribution in [-0.4, -0.2) is 43.3 Å². The Morgan fingerprint density at radius 1 is 1.23 bits per heavy atom. The third-order valence-corrected chi connectivity index (χ3v) is 7.92. The summed E-state index contributed by atoms with van der Waals surface area (Å²) in [5.41, 5.74) is 1.92. The number of thiazole rings is 1. The van der Waals surface area contributed by atoms with E-state index in [1.54, 1.807) is 34.5 Å². The molecule has 13 heteroatoms. The summed E-state index contributed by atoms with van der Waals surface area (Å²) in [6.07, 6.45) is 4.90. The van der Waals surface area contributed by atoms with Crippen LogP contribution in [0.15, 0.2) is 53.0 Å². The maximum absolute atomic E-state index is 12.7. The van der Waals surface area contributed by atoms with Gasteiger partial charge in [0.05, 0.1) is 16.8 Å². The number of nitrogens with zero attached hydrogens (tertiary/aromatic N) is 6. The number of fused-ring (bicyclic) bond motifs is 1. The molecule has 0 saturated carbocycles. The predicted octanol–water partition coefficient (Wildman–Crippen LogP) is 4.70. The van der Waals surface area contributed by atoms with Gasteiger partial charge in [0.2, 0.25) is 0 Å². The first-order valence-electron chi connectivity index (χ1n) is 10.8. The lowest BCUT2D eigenvalue weighted by Crippen LogP contribution is -2.13. The van der Waals surface area contributed by atoms with E-state index >= 15 is 0 Å². The minimum Gasteiger partial charge on any atom is -0.261 e. The summed E-state index contributed by atoms with van der Waals surface area (Å²) in [6.45, 7) is 4.27. The summed E-state index contributed by atoms with van der Waals surface area (Å²) in [6, 6.07) is 8.16. The second-order valence-electron chi connectivity index (χ2n) is 8.04. The quantitative estimate of drug-likeness (QED) is 0.279. The Bertz CT molecular complexity index is 1580. The number of anilines is 1. The molecule has 1 unspecified atom stereocenters. The van der Waals surface area contributed by atoms with E-state index in [0.29, 0.717) is 45.6 Å². The minimum atomic E-state index is -3.77. The Kier molecular flexibility index (Phi) is 6.26.